The number of hydrogen-bond donors (Lipinski definition) is 0. The molecule has 0 saturated carbocycles. The number of carbonyl (C=O) groups is 1. The minimum Gasteiger partial charge on any atom is -0.295 e. The van der Waals surface area contributed by atoms with Crippen LogP contribution >= 0.6 is 0 Å². The first-order chi connectivity index (χ1) is 5.77. The number of carbonyl (C=O) groups excluding carboxylic acids is 1. The Morgan fingerprint density at radius 3 is 2.89 bits per heavy atom. The van der Waals surface area contributed by atoms with E-state index in [0.29, 0.717) is 0 Å². The third-order valence-electron chi connectivity index (χ3n) is 0.792. The molecule has 0 aromatic rings. The largest absolute Gasteiger partial charge is 0.295 e. The average Bonchev–Trinajstić information content (AvgIpc) is 2.03. The molecule has 0 bridgehead atoms. The molecule has 0 amide bonds. The molecule has 1 nitrogen and oxygen atoms in total. The first-order valence-electron chi connectivity index (χ1n) is 4.92. The Bertz CT molecular complexity index is 210. The quantitative estimate of drug-likeness (QED) is 0.522. The lowest BCUT2D eigenvalue weighted by atomic mass is 10.1. The summed E-state index contributed by atoms with van der Waals surface area (Å²) in [5.41, 5.74) is 0. The summed E-state index contributed by atoms with van der Waals surface area (Å²) in [5, 5.41) is 0. The highest BCUT2D eigenvalue weighted by molar-refractivity contribution is 5.88. The standard InChI is InChI=1S/C8H14O/c1-3-5-6-7-8(9)4-2/h4H,2-3,5-7H2,1H3/i5D2,6D2. The maximum Gasteiger partial charge on any atom is 0.155 e. The summed E-state index contributed by atoms with van der Waals surface area (Å²) in [6.45, 7) is 4.77. The van der Waals surface area contributed by atoms with E-state index in [4.69, 9.17) is 5.48 Å². The van der Waals surface area contributed by atoms with Crippen LogP contribution in [0.2, 0.25) is 0 Å². The van der Waals surface area contributed by atoms with Crippen molar-refractivity contribution in [2.45, 2.75) is 32.5 Å². The van der Waals surface area contributed by atoms with Crippen LogP contribution in [0, 0.1) is 0 Å². The van der Waals surface area contributed by atoms with Crippen molar-refractivity contribution in [3.63, 3.8) is 0 Å². The Morgan fingerprint density at radius 2 is 2.44 bits per heavy atom. The van der Waals surface area contributed by atoms with Crippen molar-refractivity contribution in [1.82, 2.24) is 0 Å². The molecule has 0 unspecified atom stereocenters. The van der Waals surface area contributed by atoms with Gasteiger partial charge < -0.3 is 0 Å². The molecule has 0 aromatic carbocycles. The summed E-state index contributed by atoms with van der Waals surface area (Å²) >= 11 is 0. The van der Waals surface area contributed by atoms with Gasteiger partial charge in [0.25, 0.3) is 0 Å². The fourth-order valence-corrected chi connectivity index (χ4v) is 0.347. The fraction of sp³-hybridized carbons (Fsp3) is 0.625. The van der Waals surface area contributed by atoms with E-state index in [1.807, 2.05) is 0 Å². The lowest BCUT2D eigenvalue weighted by molar-refractivity contribution is -0.114. The van der Waals surface area contributed by atoms with Gasteiger partial charge in [0.05, 0.1) is 0 Å². The summed E-state index contributed by atoms with van der Waals surface area (Å²) in [6, 6.07) is 0. The molecule has 0 rings (SSSR count). The molecule has 9 heavy (non-hydrogen) atoms. The smallest absolute Gasteiger partial charge is 0.155 e. The van der Waals surface area contributed by atoms with Gasteiger partial charge in [0, 0.05) is 11.9 Å². The zero-order chi connectivity index (χ0) is 10.7. The molecule has 0 aromatic heterocycles. The van der Waals surface area contributed by atoms with Gasteiger partial charge in [-0.2, -0.15) is 0 Å². The molecule has 0 N–H and O–H groups in total. The fourth-order valence-electron chi connectivity index (χ4n) is 0.347. The molecule has 0 heterocycles. The van der Waals surface area contributed by atoms with Crippen LogP contribution in [0.25, 0.3) is 0 Å². The normalized spacial score (nSPS) is 18.8. The molecule has 0 spiro atoms. The summed E-state index contributed by atoms with van der Waals surface area (Å²) in [7, 11) is 0. The van der Waals surface area contributed by atoms with Crippen LogP contribution in [-0.2, 0) is 4.79 Å². The highest BCUT2D eigenvalue weighted by atomic mass is 16.1. The molecular formula is C8H14O. The van der Waals surface area contributed by atoms with E-state index in [1.54, 1.807) is 6.92 Å². The van der Waals surface area contributed by atoms with Crippen LogP contribution in [0.5, 0.6) is 0 Å². The van der Waals surface area contributed by atoms with E-state index >= 15 is 0 Å². The molecule has 0 saturated heterocycles. The lowest BCUT2D eigenvalue weighted by Crippen LogP contribution is -1.90. The second-order valence-corrected chi connectivity index (χ2v) is 1.55. The monoisotopic (exact) mass is 130 g/mol. The molecule has 52 valence electrons. The van der Waals surface area contributed by atoms with Crippen molar-refractivity contribution in [3.05, 3.63) is 12.7 Å². The van der Waals surface area contributed by atoms with Crippen LogP contribution in [-0.4, -0.2) is 5.78 Å². The molecule has 0 aliphatic heterocycles. The minimum atomic E-state index is -2.12. The first kappa shape index (κ1) is 3.55. The van der Waals surface area contributed by atoms with Crippen LogP contribution < -0.4 is 0 Å². The predicted molar refractivity (Wildman–Crippen MR) is 39.3 cm³/mol. The lowest BCUT2D eigenvalue weighted by Gasteiger charge is -1.91. The zero-order valence-electron chi connectivity index (χ0n) is 9.61. The molecule has 0 fully saturated rings. The van der Waals surface area contributed by atoms with Gasteiger partial charge in [-0.25, -0.2) is 0 Å². The highest BCUT2D eigenvalue weighted by Gasteiger charge is 1.92. The van der Waals surface area contributed by atoms with Crippen molar-refractivity contribution in [2.75, 3.05) is 0 Å². The van der Waals surface area contributed by atoms with Gasteiger partial charge in [0.15, 0.2) is 5.78 Å². The van der Waals surface area contributed by atoms with Gasteiger partial charge >= 0.3 is 0 Å². The van der Waals surface area contributed by atoms with E-state index in [1.165, 1.54) is 0 Å². The number of hydrogen-bond acceptors (Lipinski definition) is 1. The summed E-state index contributed by atoms with van der Waals surface area (Å²) in [6.07, 6.45) is -3.47. The number of ketones is 1. The average molecular weight is 130 g/mol. The highest BCUT2D eigenvalue weighted by Crippen LogP contribution is 1.99. The van der Waals surface area contributed by atoms with E-state index < -0.39 is 24.9 Å². The summed E-state index contributed by atoms with van der Waals surface area (Å²) < 4.78 is 29.5. The second-order valence-electron chi connectivity index (χ2n) is 1.55. The third kappa shape index (κ3) is 5.28. The summed E-state index contributed by atoms with van der Waals surface area (Å²) in [5.74, 6) is -0.470. The van der Waals surface area contributed by atoms with Crippen LogP contribution in [0.15, 0.2) is 12.7 Å². The van der Waals surface area contributed by atoms with Crippen molar-refractivity contribution < 1.29 is 10.3 Å². The van der Waals surface area contributed by atoms with Crippen molar-refractivity contribution in [3.8, 4) is 0 Å². The van der Waals surface area contributed by atoms with Crippen LogP contribution in [0.1, 0.15) is 38.0 Å². The Balaban J connectivity index is 4.56. The molecule has 0 aliphatic carbocycles. The van der Waals surface area contributed by atoms with Crippen molar-refractivity contribution in [1.29, 1.82) is 0 Å². The van der Waals surface area contributed by atoms with Gasteiger partial charge in [0.1, 0.15) is 0 Å². The Kier molecular flexibility index (Phi) is 2.19. The van der Waals surface area contributed by atoms with E-state index in [-0.39, 0.29) is 6.42 Å². The van der Waals surface area contributed by atoms with Crippen LogP contribution in [0.3, 0.4) is 0 Å². The van der Waals surface area contributed by atoms with Gasteiger partial charge in [-0.15, -0.1) is 0 Å². The Morgan fingerprint density at radius 1 is 1.78 bits per heavy atom. The van der Waals surface area contributed by atoms with Crippen LogP contribution in [0.4, 0.5) is 0 Å². The molecule has 0 atom stereocenters. The van der Waals surface area contributed by atoms with Gasteiger partial charge in [-0.1, -0.05) is 26.3 Å². The SMILES string of the molecule is [2H]C([2H])(CC)C([2H])([2H])CC(=O)C=C. The predicted octanol–water partition coefficient (Wildman–Crippen LogP) is 2.32. The van der Waals surface area contributed by atoms with Crippen molar-refractivity contribution in [2.24, 2.45) is 0 Å². The Labute approximate surface area is 62.4 Å². The number of allylic oxidation sites excluding steroid dienone is 1. The molecule has 0 radical (unpaired) electrons. The van der Waals surface area contributed by atoms with E-state index in [9.17, 15) is 4.79 Å². The molecular weight excluding hydrogens is 112 g/mol. The van der Waals surface area contributed by atoms with Crippen molar-refractivity contribution >= 4 is 5.78 Å². The zero-order valence-corrected chi connectivity index (χ0v) is 5.61. The molecule has 1 heteroatoms. The maximum atomic E-state index is 10.9. The summed E-state index contributed by atoms with van der Waals surface area (Å²) in [4.78, 5) is 10.9. The topological polar surface area (TPSA) is 17.1 Å². The third-order valence-corrected chi connectivity index (χ3v) is 0.792. The second kappa shape index (κ2) is 5.54. The maximum absolute atomic E-state index is 10.9. The Hall–Kier alpha value is -0.590. The van der Waals surface area contributed by atoms with Gasteiger partial charge in [-0.3, -0.25) is 4.79 Å². The van der Waals surface area contributed by atoms with Gasteiger partial charge in [0.2, 0.25) is 0 Å². The van der Waals surface area contributed by atoms with E-state index in [0.717, 1.165) is 6.08 Å². The molecule has 0 aliphatic rings. The first-order valence-corrected chi connectivity index (χ1v) is 2.92. The minimum absolute atomic E-state index is 0.0461. The van der Waals surface area contributed by atoms with Gasteiger partial charge in [-0.05, 0) is 12.4 Å². The number of rotatable bonds is 5. The van der Waals surface area contributed by atoms with E-state index in [2.05, 4.69) is 6.58 Å².